The Morgan fingerprint density at radius 1 is 1.17 bits per heavy atom. The van der Waals surface area contributed by atoms with Gasteiger partial charge in [0.1, 0.15) is 12.1 Å². The van der Waals surface area contributed by atoms with Crippen LogP contribution in [0, 0.1) is 0 Å². The minimum atomic E-state index is -1.03. The SMILES string of the molecule is CC(C)NC(=O)N1CC[C@]2(C1)C(=O)N(C(C)C)CC(=O)N2Cc1ccc(Cl)cc1. The summed E-state index contributed by atoms with van der Waals surface area (Å²) in [5.74, 6) is -0.180. The third-order valence-corrected chi connectivity index (χ3v) is 5.86. The van der Waals surface area contributed by atoms with Gasteiger partial charge >= 0.3 is 6.03 Å². The van der Waals surface area contributed by atoms with Crippen molar-refractivity contribution >= 4 is 29.4 Å². The van der Waals surface area contributed by atoms with Crippen LogP contribution < -0.4 is 5.32 Å². The first-order valence-corrected chi connectivity index (χ1v) is 10.4. The predicted octanol–water partition coefficient (Wildman–Crippen LogP) is 2.48. The fourth-order valence-electron chi connectivity index (χ4n) is 4.05. The molecular weight excluding hydrogens is 392 g/mol. The Bertz CT molecular complexity index is 796. The maximum Gasteiger partial charge on any atom is 0.317 e. The smallest absolute Gasteiger partial charge is 0.317 e. The van der Waals surface area contributed by atoms with Gasteiger partial charge in [0, 0.05) is 30.2 Å². The number of nitrogens with zero attached hydrogens (tertiary/aromatic N) is 3. The topological polar surface area (TPSA) is 73.0 Å². The maximum atomic E-state index is 13.5. The van der Waals surface area contributed by atoms with Crippen LogP contribution in [0.3, 0.4) is 0 Å². The summed E-state index contributed by atoms with van der Waals surface area (Å²) in [7, 11) is 0. The molecule has 1 aromatic rings. The maximum absolute atomic E-state index is 13.5. The van der Waals surface area contributed by atoms with Crippen LogP contribution in [-0.4, -0.2) is 69.8 Å². The van der Waals surface area contributed by atoms with Gasteiger partial charge in [-0.15, -0.1) is 0 Å². The zero-order valence-corrected chi connectivity index (χ0v) is 18.2. The van der Waals surface area contributed by atoms with Crippen molar-refractivity contribution in [2.45, 2.75) is 58.3 Å². The first-order chi connectivity index (χ1) is 13.6. The van der Waals surface area contributed by atoms with Crippen molar-refractivity contribution in [2.24, 2.45) is 0 Å². The number of amides is 4. The lowest BCUT2D eigenvalue weighted by Gasteiger charge is -2.48. The Labute approximate surface area is 177 Å². The van der Waals surface area contributed by atoms with E-state index < -0.39 is 5.54 Å². The van der Waals surface area contributed by atoms with Crippen LogP contribution in [0.15, 0.2) is 24.3 Å². The predicted molar refractivity (Wildman–Crippen MR) is 111 cm³/mol. The summed E-state index contributed by atoms with van der Waals surface area (Å²) in [5, 5.41) is 3.50. The van der Waals surface area contributed by atoms with E-state index in [2.05, 4.69) is 5.32 Å². The van der Waals surface area contributed by atoms with Gasteiger partial charge in [-0.25, -0.2) is 4.79 Å². The third-order valence-electron chi connectivity index (χ3n) is 5.61. The number of hydrogen-bond acceptors (Lipinski definition) is 3. The zero-order chi connectivity index (χ0) is 21.3. The zero-order valence-electron chi connectivity index (χ0n) is 17.4. The summed E-state index contributed by atoms with van der Waals surface area (Å²) in [6, 6.07) is 6.99. The standard InChI is InChI=1S/C21H29ClN4O3/c1-14(2)23-20(29)24-10-9-21(13-24)19(28)25(15(3)4)12-18(27)26(21)11-16-5-7-17(22)8-6-16/h5-8,14-15H,9-13H2,1-4H3,(H,23,29)/t21-/m0/s1. The first kappa shape index (κ1) is 21.4. The lowest BCUT2D eigenvalue weighted by Crippen LogP contribution is -2.70. The van der Waals surface area contributed by atoms with Crippen molar-refractivity contribution in [3.63, 3.8) is 0 Å². The van der Waals surface area contributed by atoms with E-state index in [-0.39, 0.29) is 43.0 Å². The number of carbonyl (C=O) groups excluding carboxylic acids is 3. The highest BCUT2D eigenvalue weighted by Crippen LogP contribution is 2.35. The molecule has 1 aromatic carbocycles. The van der Waals surface area contributed by atoms with Crippen LogP contribution in [0.4, 0.5) is 4.79 Å². The van der Waals surface area contributed by atoms with Crippen LogP contribution >= 0.6 is 11.6 Å². The molecule has 158 valence electrons. The van der Waals surface area contributed by atoms with Gasteiger partial charge in [0.2, 0.25) is 5.91 Å². The molecule has 0 radical (unpaired) electrons. The van der Waals surface area contributed by atoms with Crippen LogP contribution in [0.1, 0.15) is 39.7 Å². The number of likely N-dealkylation sites (tertiary alicyclic amines) is 1. The number of benzene rings is 1. The highest BCUT2D eigenvalue weighted by molar-refractivity contribution is 6.30. The van der Waals surface area contributed by atoms with Crippen molar-refractivity contribution in [1.82, 2.24) is 20.0 Å². The molecule has 0 bridgehead atoms. The Kier molecular flexibility index (Phi) is 6.08. The molecule has 2 heterocycles. The molecule has 0 aliphatic carbocycles. The second-order valence-corrected chi connectivity index (χ2v) is 8.88. The van der Waals surface area contributed by atoms with Gasteiger partial charge in [-0.05, 0) is 51.8 Å². The van der Waals surface area contributed by atoms with E-state index in [1.54, 1.807) is 26.8 Å². The summed E-state index contributed by atoms with van der Waals surface area (Å²) in [5.41, 5.74) is -0.133. The van der Waals surface area contributed by atoms with E-state index in [0.717, 1.165) is 5.56 Å². The summed E-state index contributed by atoms with van der Waals surface area (Å²) in [4.78, 5) is 44.2. The molecule has 0 aromatic heterocycles. The number of carbonyl (C=O) groups is 3. The molecule has 0 unspecified atom stereocenters. The molecule has 7 nitrogen and oxygen atoms in total. The minimum absolute atomic E-state index is 0.0000668. The number of rotatable bonds is 4. The molecule has 1 atom stereocenters. The van der Waals surface area contributed by atoms with Gasteiger partial charge in [-0.3, -0.25) is 9.59 Å². The van der Waals surface area contributed by atoms with Gasteiger partial charge in [-0.2, -0.15) is 0 Å². The quantitative estimate of drug-likeness (QED) is 0.813. The normalized spacial score (nSPS) is 22.4. The minimum Gasteiger partial charge on any atom is -0.336 e. The summed E-state index contributed by atoms with van der Waals surface area (Å²) in [6.45, 7) is 8.61. The molecule has 1 N–H and O–H groups in total. The number of nitrogens with one attached hydrogen (secondary N) is 1. The molecule has 2 aliphatic rings. The van der Waals surface area contributed by atoms with Crippen LogP contribution in [0.5, 0.6) is 0 Å². The third kappa shape index (κ3) is 4.20. The number of urea groups is 1. The fraction of sp³-hybridized carbons (Fsp3) is 0.571. The van der Waals surface area contributed by atoms with E-state index >= 15 is 0 Å². The molecule has 4 amide bonds. The fourth-order valence-corrected chi connectivity index (χ4v) is 4.18. The summed E-state index contributed by atoms with van der Waals surface area (Å²) >= 11 is 5.98. The Hall–Kier alpha value is -2.28. The molecule has 2 aliphatic heterocycles. The van der Waals surface area contributed by atoms with Crippen molar-refractivity contribution in [1.29, 1.82) is 0 Å². The Balaban J connectivity index is 1.92. The number of piperazine rings is 1. The molecule has 8 heteroatoms. The summed E-state index contributed by atoms with van der Waals surface area (Å²) in [6.07, 6.45) is 0.430. The van der Waals surface area contributed by atoms with Gasteiger partial charge < -0.3 is 20.0 Å². The molecule has 3 rings (SSSR count). The van der Waals surface area contributed by atoms with Crippen molar-refractivity contribution in [3.05, 3.63) is 34.9 Å². The average Bonchev–Trinajstić information content (AvgIpc) is 3.09. The van der Waals surface area contributed by atoms with Crippen LogP contribution in [0.2, 0.25) is 5.02 Å². The van der Waals surface area contributed by atoms with Crippen molar-refractivity contribution in [3.8, 4) is 0 Å². The molecular formula is C21H29ClN4O3. The van der Waals surface area contributed by atoms with Gasteiger partial charge in [0.15, 0.2) is 0 Å². The largest absolute Gasteiger partial charge is 0.336 e. The lowest BCUT2D eigenvalue weighted by molar-refractivity contribution is -0.166. The van der Waals surface area contributed by atoms with Crippen molar-refractivity contribution < 1.29 is 14.4 Å². The molecule has 2 fully saturated rings. The van der Waals surface area contributed by atoms with E-state index in [1.165, 1.54) is 0 Å². The van der Waals surface area contributed by atoms with Crippen LogP contribution in [0.25, 0.3) is 0 Å². The highest BCUT2D eigenvalue weighted by atomic mass is 35.5. The second kappa shape index (κ2) is 8.22. The van der Waals surface area contributed by atoms with Crippen LogP contribution in [-0.2, 0) is 16.1 Å². The van der Waals surface area contributed by atoms with Gasteiger partial charge in [0.05, 0.1) is 6.54 Å². The molecule has 29 heavy (non-hydrogen) atoms. The Morgan fingerprint density at radius 3 is 2.41 bits per heavy atom. The van der Waals surface area contributed by atoms with E-state index in [1.807, 2.05) is 39.8 Å². The lowest BCUT2D eigenvalue weighted by atomic mass is 9.89. The average molecular weight is 421 g/mol. The molecule has 1 spiro atoms. The van der Waals surface area contributed by atoms with Crippen molar-refractivity contribution in [2.75, 3.05) is 19.6 Å². The number of halogens is 1. The van der Waals surface area contributed by atoms with E-state index in [4.69, 9.17) is 11.6 Å². The molecule has 0 saturated carbocycles. The monoisotopic (exact) mass is 420 g/mol. The second-order valence-electron chi connectivity index (χ2n) is 8.44. The van der Waals surface area contributed by atoms with Gasteiger partial charge in [-0.1, -0.05) is 23.7 Å². The first-order valence-electron chi connectivity index (χ1n) is 10.1. The highest BCUT2D eigenvalue weighted by Gasteiger charge is 2.57. The number of hydrogen-bond donors (Lipinski definition) is 1. The van der Waals surface area contributed by atoms with E-state index in [9.17, 15) is 14.4 Å². The van der Waals surface area contributed by atoms with Gasteiger partial charge in [0.25, 0.3) is 5.91 Å². The Morgan fingerprint density at radius 2 is 1.83 bits per heavy atom. The van der Waals surface area contributed by atoms with E-state index in [0.29, 0.717) is 24.5 Å². The summed E-state index contributed by atoms with van der Waals surface area (Å²) < 4.78 is 0. The molecule has 2 saturated heterocycles.